The highest BCUT2D eigenvalue weighted by Crippen LogP contribution is 2.20. The van der Waals surface area contributed by atoms with E-state index in [9.17, 15) is 13.2 Å². The number of nitrogens with zero attached hydrogens (tertiary/aromatic N) is 3. The number of aryl methyl sites for hydroxylation is 1. The number of H-pyrrole nitrogens is 1. The SMILES string of the molecule is CN(C)S(=O)(=O)N1CCN(C(=O)CCCc2c[nH]c3ccccc23)CC1. The number of carbonyl (C=O) groups excluding carboxylic acids is 1. The van der Waals surface area contributed by atoms with E-state index in [1.807, 2.05) is 24.4 Å². The van der Waals surface area contributed by atoms with Gasteiger partial charge in [-0.2, -0.15) is 17.0 Å². The predicted molar refractivity (Wildman–Crippen MR) is 102 cm³/mol. The molecule has 1 fully saturated rings. The number of aromatic amines is 1. The van der Waals surface area contributed by atoms with Gasteiger partial charge in [0.1, 0.15) is 0 Å². The first-order valence-electron chi connectivity index (χ1n) is 8.90. The van der Waals surface area contributed by atoms with Gasteiger partial charge < -0.3 is 9.88 Å². The third kappa shape index (κ3) is 3.92. The Morgan fingerprint density at radius 1 is 1.15 bits per heavy atom. The van der Waals surface area contributed by atoms with Crippen molar-refractivity contribution in [2.24, 2.45) is 0 Å². The highest BCUT2D eigenvalue weighted by atomic mass is 32.2. The van der Waals surface area contributed by atoms with E-state index in [1.165, 1.54) is 33.7 Å². The average molecular weight is 378 g/mol. The second kappa shape index (κ2) is 7.77. The first-order valence-corrected chi connectivity index (χ1v) is 10.3. The summed E-state index contributed by atoms with van der Waals surface area (Å²) in [6.07, 6.45) is 4.14. The molecule has 1 aromatic heterocycles. The van der Waals surface area contributed by atoms with Gasteiger partial charge in [0.05, 0.1) is 0 Å². The first-order chi connectivity index (χ1) is 12.4. The maximum absolute atomic E-state index is 12.4. The van der Waals surface area contributed by atoms with Crippen molar-refractivity contribution in [1.29, 1.82) is 0 Å². The number of hydrogen-bond donors (Lipinski definition) is 1. The largest absolute Gasteiger partial charge is 0.361 e. The Kier molecular flexibility index (Phi) is 5.64. The predicted octanol–water partition coefficient (Wildman–Crippen LogP) is 1.44. The fourth-order valence-corrected chi connectivity index (χ4v) is 4.41. The van der Waals surface area contributed by atoms with E-state index in [4.69, 9.17) is 0 Å². The molecular weight excluding hydrogens is 352 g/mol. The third-order valence-corrected chi connectivity index (χ3v) is 6.83. The summed E-state index contributed by atoms with van der Waals surface area (Å²) in [5.41, 5.74) is 2.35. The van der Waals surface area contributed by atoms with Gasteiger partial charge in [-0.3, -0.25) is 4.79 Å². The van der Waals surface area contributed by atoms with Crippen LogP contribution in [0.25, 0.3) is 10.9 Å². The normalized spacial score (nSPS) is 16.5. The highest BCUT2D eigenvalue weighted by Gasteiger charge is 2.29. The number of amides is 1. The monoisotopic (exact) mass is 378 g/mol. The minimum absolute atomic E-state index is 0.103. The molecule has 1 amide bonds. The molecule has 142 valence electrons. The molecule has 2 aromatic rings. The van der Waals surface area contributed by atoms with E-state index in [0.29, 0.717) is 32.6 Å². The molecule has 1 aliphatic rings. The van der Waals surface area contributed by atoms with Gasteiger partial charge in [0.2, 0.25) is 5.91 Å². The summed E-state index contributed by atoms with van der Waals surface area (Å²) >= 11 is 0. The number of carbonyl (C=O) groups is 1. The molecule has 0 unspecified atom stereocenters. The second-order valence-electron chi connectivity index (χ2n) is 6.78. The lowest BCUT2D eigenvalue weighted by molar-refractivity contribution is -0.132. The summed E-state index contributed by atoms with van der Waals surface area (Å²) in [5, 5.41) is 1.21. The van der Waals surface area contributed by atoms with Crippen molar-refractivity contribution < 1.29 is 13.2 Å². The lowest BCUT2D eigenvalue weighted by atomic mass is 10.1. The molecule has 0 aliphatic carbocycles. The summed E-state index contributed by atoms with van der Waals surface area (Å²) in [6.45, 7) is 1.63. The Bertz CT molecular complexity index is 867. The topological polar surface area (TPSA) is 76.7 Å². The smallest absolute Gasteiger partial charge is 0.281 e. The lowest BCUT2D eigenvalue weighted by Gasteiger charge is -2.35. The molecule has 26 heavy (non-hydrogen) atoms. The molecule has 0 radical (unpaired) electrons. The highest BCUT2D eigenvalue weighted by molar-refractivity contribution is 7.86. The standard InChI is InChI=1S/C18H26N4O3S/c1-20(2)26(24,25)22-12-10-21(11-13-22)18(23)9-5-6-15-14-19-17-8-4-3-7-16(15)17/h3-4,7-8,14,19H,5-6,9-13H2,1-2H3. The maximum Gasteiger partial charge on any atom is 0.281 e. The number of benzene rings is 1. The van der Waals surface area contributed by atoms with Crippen LogP contribution >= 0.6 is 0 Å². The number of piperazine rings is 1. The minimum Gasteiger partial charge on any atom is -0.361 e. The third-order valence-electron chi connectivity index (χ3n) is 4.89. The van der Waals surface area contributed by atoms with Gasteiger partial charge in [-0.1, -0.05) is 18.2 Å². The molecule has 3 rings (SSSR count). The fraction of sp³-hybridized carbons (Fsp3) is 0.500. The maximum atomic E-state index is 12.4. The Hall–Kier alpha value is -1.90. The van der Waals surface area contributed by atoms with E-state index in [0.717, 1.165) is 18.4 Å². The number of aromatic nitrogens is 1. The van der Waals surface area contributed by atoms with E-state index < -0.39 is 10.2 Å². The summed E-state index contributed by atoms with van der Waals surface area (Å²) in [6, 6.07) is 8.16. The molecule has 1 N–H and O–H groups in total. The van der Waals surface area contributed by atoms with Gasteiger partial charge in [0, 0.05) is 63.8 Å². The van der Waals surface area contributed by atoms with Gasteiger partial charge in [-0.25, -0.2) is 0 Å². The second-order valence-corrected chi connectivity index (χ2v) is 8.93. The summed E-state index contributed by atoms with van der Waals surface area (Å²) in [4.78, 5) is 17.5. The van der Waals surface area contributed by atoms with Crippen molar-refractivity contribution in [1.82, 2.24) is 18.5 Å². The van der Waals surface area contributed by atoms with Crippen LogP contribution in [0.15, 0.2) is 30.5 Å². The number of rotatable bonds is 6. The molecule has 8 heteroatoms. The van der Waals surface area contributed by atoms with Crippen LogP contribution in [0.2, 0.25) is 0 Å². The molecule has 0 spiro atoms. The molecule has 7 nitrogen and oxygen atoms in total. The molecule has 0 saturated carbocycles. The van der Waals surface area contributed by atoms with Gasteiger partial charge in [-0.05, 0) is 24.5 Å². The van der Waals surface area contributed by atoms with Gasteiger partial charge >= 0.3 is 0 Å². The molecule has 2 heterocycles. The van der Waals surface area contributed by atoms with Crippen LogP contribution in [0.5, 0.6) is 0 Å². The van der Waals surface area contributed by atoms with Gasteiger partial charge in [-0.15, -0.1) is 0 Å². The van der Waals surface area contributed by atoms with Crippen LogP contribution in [0.1, 0.15) is 18.4 Å². The van der Waals surface area contributed by atoms with Crippen molar-refractivity contribution in [3.8, 4) is 0 Å². The quantitative estimate of drug-likeness (QED) is 0.826. The fourth-order valence-electron chi connectivity index (χ4n) is 3.33. The zero-order valence-corrected chi connectivity index (χ0v) is 16.1. The van der Waals surface area contributed by atoms with E-state index in [1.54, 1.807) is 4.90 Å². The van der Waals surface area contributed by atoms with Crippen molar-refractivity contribution in [3.05, 3.63) is 36.0 Å². The average Bonchev–Trinajstić information content (AvgIpc) is 3.05. The van der Waals surface area contributed by atoms with Crippen LogP contribution in [-0.4, -0.2) is 73.1 Å². The molecule has 1 aliphatic heterocycles. The Balaban J connectivity index is 1.48. The van der Waals surface area contributed by atoms with Crippen LogP contribution in [0.3, 0.4) is 0 Å². The Morgan fingerprint density at radius 3 is 2.54 bits per heavy atom. The van der Waals surface area contributed by atoms with Gasteiger partial charge in [0.15, 0.2) is 0 Å². The van der Waals surface area contributed by atoms with Crippen molar-refractivity contribution >= 4 is 27.0 Å². The lowest BCUT2D eigenvalue weighted by Crippen LogP contribution is -2.53. The summed E-state index contributed by atoms with van der Waals surface area (Å²) < 4.78 is 26.9. The molecular formula is C18H26N4O3S. The van der Waals surface area contributed by atoms with Crippen molar-refractivity contribution in [3.63, 3.8) is 0 Å². The van der Waals surface area contributed by atoms with Gasteiger partial charge in [0.25, 0.3) is 10.2 Å². The summed E-state index contributed by atoms with van der Waals surface area (Å²) in [5.74, 6) is 0.103. The number of para-hydroxylation sites is 1. The Labute approximate surface area is 154 Å². The van der Waals surface area contributed by atoms with Crippen LogP contribution < -0.4 is 0 Å². The van der Waals surface area contributed by atoms with Crippen LogP contribution in [0.4, 0.5) is 0 Å². The van der Waals surface area contributed by atoms with Crippen molar-refractivity contribution in [2.75, 3.05) is 40.3 Å². The zero-order chi connectivity index (χ0) is 18.7. The molecule has 1 aromatic carbocycles. The number of nitrogens with one attached hydrogen (secondary N) is 1. The zero-order valence-electron chi connectivity index (χ0n) is 15.3. The summed E-state index contributed by atoms with van der Waals surface area (Å²) in [7, 11) is -0.340. The molecule has 0 atom stereocenters. The number of fused-ring (bicyclic) bond motifs is 1. The van der Waals surface area contributed by atoms with Crippen LogP contribution in [-0.2, 0) is 21.4 Å². The van der Waals surface area contributed by atoms with E-state index in [-0.39, 0.29) is 5.91 Å². The minimum atomic E-state index is -3.39. The number of hydrogen-bond acceptors (Lipinski definition) is 3. The van der Waals surface area contributed by atoms with Crippen LogP contribution in [0, 0.1) is 0 Å². The first kappa shape index (κ1) is 18.9. The van der Waals surface area contributed by atoms with Crippen molar-refractivity contribution in [2.45, 2.75) is 19.3 Å². The Morgan fingerprint density at radius 2 is 1.85 bits per heavy atom. The molecule has 0 bridgehead atoms. The van der Waals surface area contributed by atoms with E-state index in [2.05, 4.69) is 11.1 Å². The van der Waals surface area contributed by atoms with E-state index >= 15 is 0 Å². The molecule has 1 saturated heterocycles.